The molecule has 1 rings (SSSR count). The van der Waals surface area contributed by atoms with Crippen molar-refractivity contribution in [1.29, 1.82) is 0 Å². The summed E-state index contributed by atoms with van der Waals surface area (Å²) in [5.41, 5.74) is 0.364. The lowest BCUT2D eigenvalue weighted by atomic mass is 10.2. The molecule has 2 amide bonds. The molecule has 3 N–H and O–H groups in total. The Kier molecular flexibility index (Phi) is 6.11. The number of nitro groups is 1. The summed E-state index contributed by atoms with van der Waals surface area (Å²) in [5, 5.41) is 23.9. The van der Waals surface area contributed by atoms with Gasteiger partial charge in [-0.15, -0.1) is 0 Å². The molecular formula is C12H15N3O5. The number of nitrogens with zero attached hydrogens (tertiary/aromatic N) is 1. The molecule has 0 spiro atoms. The Hall–Kier alpha value is -2.48. The predicted octanol–water partition coefficient (Wildman–Crippen LogP) is 0.422. The first-order valence-electron chi connectivity index (χ1n) is 5.95. The summed E-state index contributed by atoms with van der Waals surface area (Å²) >= 11 is 0. The molecule has 1 aromatic carbocycles. The molecular weight excluding hydrogens is 266 g/mol. The SMILES string of the molecule is O=C(CCC(=O)Nc1ccc([N+](=O)[O-])cc1)NCCO. The van der Waals surface area contributed by atoms with Gasteiger partial charge in [-0.1, -0.05) is 0 Å². The summed E-state index contributed by atoms with van der Waals surface area (Å²) in [6.07, 6.45) is 0.00701. The third-order valence-electron chi connectivity index (χ3n) is 2.37. The highest BCUT2D eigenvalue weighted by Gasteiger charge is 2.08. The van der Waals surface area contributed by atoms with Gasteiger partial charge in [-0.05, 0) is 12.1 Å². The van der Waals surface area contributed by atoms with Crippen molar-refractivity contribution in [2.45, 2.75) is 12.8 Å². The maximum atomic E-state index is 11.5. The van der Waals surface area contributed by atoms with Crippen molar-refractivity contribution < 1.29 is 19.6 Å². The number of rotatable bonds is 7. The van der Waals surface area contributed by atoms with E-state index >= 15 is 0 Å². The number of amides is 2. The van der Waals surface area contributed by atoms with Crippen molar-refractivity contribution in [3.8, 4) is 0 Å². The van der Waals surface area contributed by atoms with Crippen LogP contribution in [-0.4, -0.2) is 35.0 Å². The van der Waals surface area contributed by atoms with Crippen LogP contribution in [0.5, 0.6) is 0 Å². The first kappa shape index (κ1) is 15.6. The van der Waals surface area contributed by atoms with Crippen molar-refractivity contribution in [3.05, 3.63) is 34.4 Å². The standard InChI is InChI=1S/C12H15N3O5/c16-8-7-13-11(17)5-6-12(18)14-9-1-3-10(4-2-9)15(19)20/h1-4,16H,5-8H2,(H,13,17)(H,14,18). The molecule has 0 heterocycles. The van der Waals surface area contributed by atoms with E-state index in [4.69, 9.17) is 5.11 Å². The van der Waals surface area contributed by atoms with E-state index in [1.54, 1.807) is 0 Å². The summed E-state index contributed by atoms with van der Waals surface area (Å²) in [4.78, 5) is 32.7. The fourth-order valence-corrected chi connectivity index (χ4v) is 1.40. The molecule has 1 aromatic rings. The van der Waals surface area contributed by atoms with Crippen LogP contribution < -0.4 is 10.6 Å². The zero-order chi connectivity index (χ0) is 15.0. The second-order valence-electron chi connectivity index (χ2n) is 3.93. The zero-order valence-electron chi connectivity index (χ0n) is 10.7. The van der Waals surface area contributed by atoms with E-state index in [1.807, 2.05) is 0 Å². The fraction of sp³-hybridized carbons (Fsp3) is 0.333. The number of nitro benzene ring substituents is 1. The van der Waals surface area contributed by atoms with Crippen LogP contribution in [0.15, 0.2) is 24.3 Å². The van der Waals surface area contributed by atoms with E-state index in [1.165, 1.54) is 24.3 Å². The molecule has 8 heteroatoms. The number of non-ortho nitro benzene ring substituents is 1. The second kappa shape index (κ2) is 7.85. The van der Waals surface area contributed by atoms with Crippen LogP contribution in [0.2, 0.25) is 0 Å². The van der Waals surface area contributed by atoms with Gasteiger partial charge in [-0.2, -0.15) is 0 Å². The largest absolute Gasteiger partial charge is 0.395 e. The molecule has 20 heavy (non-hydrogen) atoms. The van der Waals surface area contributed by atoms with Gasteiger partial charge in [-0.3, -0.25) is 19.7 Å². The summed E-state index contributed by atoms with van der Waals surface area (Å²) in [7, 11) is 0. The molecule has 0 unspecified atom stereocenters. The van der Waals surface area contributed by atoms with Crippen LogP contribution in [0.25, 0.3) is 0 Å². The smallest absolute Gasteiger partial charge is 0.269 e. The highest BCUT2D eigenvalue weighted by molar-refractivity contribution is 5.93. The van der Waals surface area contributed by atoms with Crippen LogP contribution in [0, 0.1) is 10.1 Å². The Morgan fingerprint density at radius 2 is 1.75 bits per heavy atom. The summed E-state index contributed by atoms with van der Waals surface area (Å²) in [6.45, 7) is 0.00351. The summed E-state index contributed by atoms with van der Waals surface area (Å²) in [5.74, 6) is -0.684. The predicted molar refractivity (Wildman–Crippen MR) is 71.1 cm³/mol. The third-order valence-corrected chi connectivity index (χ3v) is 2.37. The van der Waals surface area contributed by atoms with Gasteiger partial charge in [0, 0.05) is 37.2 Å². The normalized spacial score (nSPS) is 9.85. The second-order valence-corrected chi connectivity index (χ2v) is 3.93. The molecule has 0 radical (unpaired) electrons. The van der Waals surface area contributed by atoms with Gasteiger partial charge in [0.2, 0.25) is 11.8 Å². The third kappa shape index (κ3) is 5.44. The maximum Gasteiger partial charge on any atom is 0.269 e. The van der Waals surface area contributed by atoms with Gasteiger partial charge >= 0.3 is 0 Å². The molecule has 0 aliphatic carbocycles. The summed E-state index contributed by atoms with van der Waals surface area (Å²) < 4.78 is 0. The van der Waals surface area contributed by atoms with Gasteiger partial charge in [0.1, 0.15) is 0 Å². The summed E-state index contributed by atoms with van der Waals surface area (Å²) in [6, 6.07) is 5.40. The van der Waals surface area contributed by atoms with E-state index in [2.05, 4.69) is 10.6 Å². The maximum absolute atomic E-state index is 11.5. The first-order valence-corrected chi connectivity index (χ1v) is 5.95. The van der Waals surface area contributed by atoms with Gasteiger partial charge < -0.3 is 15.7 Å². The quantitative estimate of drug-likeness (QED) is 0.494. The number of nitrogens with one attached hydrogen (secondary N) is 2. The monoisotopic (exact) mass is 281 g/mol. The molecule has 0 atom stereocenters. The van der Waals surface area contributed by atoms with Crippen molar-refractivity contribution in [2.75, 3.05) is 18.5 Å². The molecule has 0 aliphatic rings. The molecule has 0 aliphatic heterocycles. The highest BCUT2D eigenvalue weighted by Crippen LogP contribution is 2.15. The van der Waals surface area contributed by atoms with Gasteiger partial charge in [0.05, 0.1) is 11.5 Å². The Labute approximate surface area is 114 Å². The van der Waals surface area contributed by atoms with E-state index < -0.39 is 4.92 Å². The minimum absolute atomic E-state index is 0.00570. The Bertz CT molecular complexity index is 486. The van der Waals surface area contributed by atoms with Crippen molar-refractivity contribution in [2.24, 2.45) is 0 Å². The molecule has 0 fully saturated rings. The van der Waals surface area contributed by atoms with E-state index in [-0.39, 0.29) is 43.5 Å². The number of carbonyl (C=O) groups is 2. The van der Waals surface area contributed by atoms with Crippen LogP contribution in [-0.2, 0) is 9.59 Å². The number of aliphatic hydroxyl groups is 1. The number of hydrogen-bond acceptors (Lipinski definition) is 5. The Balaban J connectivity index is 2.38. The van der Waals surface area contributed by atoms with Gasteiger partial charge in [-0.25, -0.2) is 0 Å². The van der Waals surface area contributed by atoms with Crippen LogP contribution in [0.3, 0.4) is 0 Å². The van der Waals surface area contributed by atoms with Crippen LogP contribution >= 0.6 is 0 Å². The highest BCUT2D eigenvalue weighted by atomic mass is 16.6. The van der Waals surface area contributed by atoms with Crippen molar-refractivity contribution in [3.63, 3.8) is 0 Å². The number of carbonyl (C=O) groups excluding carboxylic acids is 2. The average Bonchev–Trinajstić information content (AvgIpc) is 2.43. The molecule has 108 valence electrons. The first-order chi connectivity index (χ1) is 9.52. The minimum atomic E-state index is -0.531. The van der Waals surface area contributed by atoms with Crippen LogP contribution in [0.4, 0.5) is 11.4 Å². The van der Waals surface area contributed by atoms with Crippen LogP contribution in [0.1, 0.15) is 12.8 Å². The Morgan fingerprint density at radius 1 is 1.15 bits per heavy atom. The van der Waals surface area contributed by atoms with Gasteiger partial charge in [0.15, 0.2) is 0 Å². The number of benzene rings is 1. The van der Waals surface area contributed by atoms with E-state index in [9.17, 15) is 19.7 Å². The number of aliphatic hydroxyl groups excluding tert-OH is 1. The molecule has 0 saturated carbocycles. The molecule has 0 aromatic heterocycles. The fourth-order valence-electron chi connectivity index (χ4n) is 1.40. The topological polar surface area (TPSA) is 122 Å². The van der Waals surface area contributed by atoms with Crippen molar-refractivity contribution >= 4 is 23.2 Å². The number of anilines is 1. The van der Waals surface area contributed by atoms with Crippen molar-refractivity contribution in [1.82, 2.24) is 5.32 Å². The van der Waals surface area contributed by atoms with Gasteiger partial charge in [0.25, 0.3) is 5.69 Å². The number of hydrogen-bond donors (Lipinski definition) is 3. The average molecular weight is 281 g/mol. The van der Waals surface area contributed by atoms with E-state index in [0.29, 0.717) is 5.69 Å². The lowest BCUT2D eigenvalue weighted by molar-refractivity contribution is -0.384. The van der Waals surface area contributed by atoms with E-state index in [0.717, 1.165) is 0 Å². The molecule has 0 saturated heterocycles. The minimum Gasteiger partial charge on any atom is -0.395 e. The molecule has 0 bridgehead atoms. The Morgan fingerprint density at radius 3 is 2.30 bits per heavy atom. The zero-order valence-corrected chi connectivity index (χ0v) is 10.7. The lowest BCUT2D eigenvalue weighted by Gasteiger charge is -2.05. The lowest BCUT2D eigenvalue weighted by Crippen LogP contribution is -2.27. The molecule has 8 nitrogen and oxygen atoms in total.